The number of hydrogen-bond acceptors (Lipinski definition) is 3. The molecule has 0 spiro atoms. The maximum atomic E-state index is 12.3. The lowest BCUT2D eigenvalue weighted by atomic mass is 10.1. The van der Waals surface area contributed by atoms with Gasteiger partial charge in [-0.2, -0.15) is 5.26 Å². The number of nitrogens with zero attached hydrogens (tertiary/aromatic N) is 2. The van der Waals surface area contributed by atoms with Crippen LogP contribution < -0.4 is 0 Å². The van der Waals surface area contributed by atoms with Crippen LogP contribution in [0.5, 0.6) is 0 Å². The van der Waals surface area contributed by atoms with Gasteiger partial charge in [0.1, 0.15) is 11.8 Å². The van der Waals surface area contributed by atoms with E-state index in [4.69, 9.17) is 28.5 Å². The van der Waals surface area contributed by atoms with Crippen molar-refractivity contribution in [2.24, 2.45) is 0 Å². The molecule has 0 saturated heterocycles. The lowest BCUT2D eigenvalue weighted by Gasteiger charge is -2.06. The van der Waals surface area contributed by atoms with Gasteiger partial charge in [0.05, 0.1) is 16.1 Å². The highest BCUT2D eigenvalue weighted by atomic mass is 35.5. The minimum atomic E-state index is -2.93. The third-order valence-electron chi connectivity index (χ3n) is 1.57. The van der Waals surface area contributed by atoms with Crippen molar-refractivity contribution < 1.29 is 13.6 Å². The molecule has 0 aromatic carbocycles. The van der Waals surface area contributed by atoms with E-state index >= 15 is 0 Å². The van der Waals surface area contributed by atoms with Gasteiger partial charge in [0.25, 0.3) is 11.7 Å². The van der Waals surface area contributed by atoms with Gasteiger partial charge in [-0.05, 0) is 11.6 Å². The Hall–Kier alpha value is -1.25. The number of hydrogen-bond donors (Lipinski definition) is 0. The summed E-state index contributed by atoms with van der Waals surface area (Å²) in [5, 5.41) is 6.93. The largest absolute Gasteiger partial charge is 0.281 e. The van der Waals surface area contributed by atoms with Crippen molar-refractivity contribution >= 4 is 28.4 Å². The molecule has 0 bridgehead atoms. The van der Waals surface area contributed by atoms with Crippen molar-refractivity contribution in [2.45, 2.75) is 6.43 Å². The Kier molecular flexibility index (Phi) is 3.56. The van der Waals surface area contributed by atoms with Crippen LogP contribution in [0.2, 0.25) is 5.02 Å². The van der Waals surface area contributed by atoms with Crippen molar-refractivity contribution in [1.29, 1.82) is 5.26 Å². The molecule has 0 N–H and O–H groups in total. The molecule has 0 amide bonds. The first kappa shape index (κ1) is 11.8. The Bertz CT molecular complexity index is 457. The number of halogens is 4. The van der Waals surface area contributed by atoms with Crippen LogP contribution in [-0.2, 0) is 0 Å². The first-order chi connectivity index (χ1) is 6.99. The molecular formula is C8H2Cl2F2N2O. The lowest BCUT2D eigenvalue weighted by molar-refractivity contribution is 0.108. The van der Waals surface area contributed by atoms with Crippen LogP contribution in [0, 0.1) is 11.3 Å². The molecule has 15 heavy (non-hydrogen) atoms. The van der Waals surface area contributed by atoms with Gasteiger partial charge >= 0.3 is 0 Å². The maximum absolute atomic E-state index is 12.3. The minimum absolute atomic E-state index is 0.232. The van der Waals surface area contributed by atoms with Gasteiger partial charge in [0.15, 0.2) is 0 Å². The summed E-state index contributed by atoms with van der Waals surface area (Å²) in [4.78, 5) is 14.2. The number of rotatable bonds is 2. The summed E-state index contributed by atoms with van der Waals surface area (Å²) in [6, 6.07) is 1.59. The standard InChI is InChI=1S/C8H2Cl2F2N2O/c9-5-4(7(10)15)3(1-13)2-14-6(5)8(11)12/h2,8H. The van der Waals surface area contributed by atoms with Gasteiger partial charge in [0, 0.05) is 6.20 Å². The zero-order valence-corrected chi connectivity index (χ0v) is 8.48. The monoisotopic (exact) mass is 250 g/mol. The van der Waals surface area contributed by atoms with Gasteiger partial charge in [-0.3, -0.25) is 9.78 Å². The number of carbonyl (C=O) groups is 1. The fraction of sp³-hybridized carbons (Fsp3) is 0.125. The average molecular weight is 251 g/mol. The lowest BCUT2D eigenvalue weighted by Crippen LogP contribution is -2.02. The summed E-state index contributed by atoms with van der Waals surface area (Å²) >= 11 is 10.6. The van der Waals surface area contributed by atoms with Crippen LogP contribution in [0.25, 0.3) is 0 Å². The maximum Gasteiger partial charge on any atom is 0.281 e. The summed E-state index contributed by atoms with van der Waals surface area (Å²) in [5.41, 5.74) is -1.43. The first-order valence-electron chi connectivity index (χ1n) is 3.55. The highest BCUT2D eigenvalue weighted by Crippen LogP contribution is 2.30. The summed E-state index contributed by atoms with van der Waals surface area (Å²) in [7, 11) is 0. The average Bonchev–Trinajstić information content (AvgIpc) is 2.15. The van der Waals surface area contributed by atoms with Crippen molar-refractivity contribution in [1.82, 2.24) is 4.98 Å². The van der Waals surface area contributed by atoms with Crippen LogP contribution in [0.1, 0.15) is 28.0 Å². The number of pyridine rings is 1. The van der Waals surface area contributed by atoms with E-state index in [2.05, 4.69) is 4.98 Å². The summed E-state index contributed by atoms with van der Waals surface area (Å²) < 4.78 is 24.6. The first-order valence-corrected chi connectivity index (χ1v) is 4.31. The SMILES string of the molecule is N#Cc1cnc(C(F)F)c(Cl)c1C(=O)Cl. The Labute approximate surface area is 93.2 Å². The Morgan fingerprint density at radius 3 is 2.60 bits per heavy atom. The van der Waals surface area contributed by atoms with Gasteiger partial charge < -0.3 is 0 Å². The third-order valence-corrected chi connectivity index (χ3v) is 2.14. The predicted octanol–water partition coefficient (Wildman–Crippen LogP) is 2.92. The Balaban J connectivity index is 3.51. The fourth-order valence-electron chi connectivity index (χ4n) is 0.931. The minimum Gasteiger partial charge on any atom is -0.276 e. The molecule has 0 unspecified atom stereocenters. The van der Waals surface area contributed by atoms with Gasteiger partial charge in [0.2, 0.25) is 0 Å². The molecular weight excluding hydrogens is 249 g/mol. The summed E-state index contributed by atoms with van der Waals surface area (Å²) in [6.07, 6.45) is -2.09. The van der Waals surface area contributed by atoms with E-state index in [1.165, 1.54) is 0 Å². The molecule has 3 nitrogen and oxygen atoms in total. The molecule has 1 aromatic heterocycles. The molecule has 0 atom stereocenters. The molecule has 7 heteroatoms. The Morgan fingerprint density at radius 1 is 1.60 bits per heavy atom. The van der Waals surface area contributed by atoms with Crippen LogP contribution in [0.3, 0.4) is 0 Å². The summed E-state index contributed by atoms with van der Waals surface area (Å²) in [5.74, 6) is 0. The molecule has 0 radical (unpaired) electrons. The highest BCUT2D eigenvalue weighted by molar-refractivity contribution is 6.69. The third kappa shape index (κ3) is 2.22. The van der Waals surface area contributed by atoms with Crippen molar-refractivity contribution in [3.63, 3.8) is 0 Å². The van der Waals surface area contributed by atoms with Crippen molar-refractivity contribution in [2.75, 3.05) is 0 Å². The van der Waals surface area contributed by atoms with Crippen molar-refractivity contribution in [3.05, 3.63) is 28.0 Å². The fourth-order valence-corrected chi connectivity index (χ4v) is 1.49. The molecule has 0 aliphatic rings. The van der Waals surface area contributed by atoms with Gasteiger partial charge in [-0.1, -0.05) is 11.6 Å². The van der Waals surface area contributed by atoms with Gasteiger partial charge in [-0.15, -0.1) is 0 Å². The zero-order chi connectivity index (χ0) is 11.6. The molecule has 0 aliphatic heterocycles. The van der Waals surface area contributed by atoms with E-state index in [9.17, 15) is 13.6 Å². The second-order valence-electron chi connectivity index (χ2n) is 2.43. The second-order valence-corrected chi connectivity index (χ2v) is 3.15. The van der Waals surface area contributed by atoms with E-state index < -0.39 is 27.9 Å². The molecule has 0 aliphatic carbocycles. The molecule has 1 heterocycles. The molecule has 0 saturated carbocycles. The number of nitriles is 1. The molecule has 0 fully saturated rings. The topological polar surface area (TPSA) is 53.8 Å². The van der Waals surface area contributed by atoms with Crippen LogP contribution in [-0.4, -0.2) is 10.2 Å². The Morgan fingerprint density at radius 2 is 2.20 bits per heavy atom. The number of carbonyl (C=O) groups excluding carboxylic acids is 1. The normalized spacial score (nSPS) is 10.1. The van der Waals surface area contributed by atoms with E-state index in [1.807, 2.05) is 0 Å². The second kappa shape index (κ2) is 4.51. The van der Waals surface area contributed by atoms with E-state index in [0.29, 0.717) is 0 Å². The smallest absolute Gasteiger partial charge is 0.276 e. The number of aromatic nitrogens is 1. The molecule has 1 rings (SSSR count). The molecule has 78 valence electrons. The van der Waals surface area contributed by atoms with E-state index in [0.717, 1.165) is 6.20 Å². The van der Waals surface area contributed by atoms with E-state index in [1.54, 1.807) is 6.07 Å². The summed E-state index contributed by atoms with van der Waals surface area (Å²) in [6.45, 7) is 0. The zero-order valence-electron chi connectivity index (χ0n) is 6.97. The molecule has 1 aromatic rings. The van der Waals surface area contributed by atoms with Crippen LogP contribution in [0.4, 0.5) is 8.78 Å². The van der Waals surface area contributed by atoms with E-state index in [-0.39, 0.29) is 5.56 Å². The van der Waals surface area contributed by atoms with Crippen molar-refractivity contribution in [3.8, 4) is 6.07 Å². The van der Waals surface area contributed by atoms with Gasteiger partial charge in [-0.25, -0.2) is 8.78 Å². The predicted molar refractivity (Wildman–Crippen MR) is 49.1 cm³/mol. The van der Waals surface area contributed by atoms with Crippen LogP contribution >= 0.6 is 23.2 Å². The highest BCUT2D eigenvalue weighted by Gasteiger charge is 2.22. The quantitative estimate of drug-likeness (QED) is 0.759. The van der Waals surface area contributed by atoms with Crippen LogP contribution in [0.15, 0.2) is 6.20 Å². The number of alkyl halides is 2.